The second-order valence-corrected chi connectivity index (χ2v) is 9.24. The van der Waals surface area contributed by atoms with Crippen LogP contribution >= 0.6 is 15.9 Å². The molecule has 1 unspecified atom stereocenters. The molecule has 0 saturated heterocycles. The summed E-state index contributed by atoms with van der Waals surface area (Å²) >= 11 is 3.53. The van der Waals surface area contributed by atoms with Crippen LogP contribution in [-0.2, 0) is 10.2 Å². The molecular weight excluding hydrogens is 356 g/mol. The maximum Gasteiger partial charge on any atom is 0.345 e. The Labute approximate surface area is 148 Å². The Hall–Kier alpha value is -1.03. The fraction of sp³-hybridized carbons (Fsp3) is 0.632. The Kier molecular flexibility index (Phi) is 6.31. The van der Waals surface area contributed by atoms with Crippen LogP contribution in [0.25, 0.3) is 0 Å². The minimum absolute atomic E-state index is 0.0313. The van der Waals surface area contributed by atoms with E-state index < -0.39 is 12.1 Å². The van der Waals surface area contributed by atoms with Gasteiger partial charge in [0.05, 0.1) is 4.47 Å². The summed E-state index contributed by atoms with van der Waals surface area (Å²) in [5.74, 6) is -0.471. The molecule has 0 heterocycles. The van der Waals surface area contributed by atoms with Crippen molar-refractivity contribution < 1.29 is 14.6 Å². The number of hydrogen-bond donors (Lipinski definition) is 1. The molecule has 1 N–H and O–H groups in total. The first-order valence-electron chi connectivity index (χ1n) is 8.03. The third-order valence-corrected chi connectivity index (χ3v) is 4.41. The van der Waals surface area contributed by atoms with Crippen molar-refractivity contribution in [3.8, 4) is 5.75 Å². The third-order valence-electron chi connectivity index (χ3n) is 3.79. The fourth-order valence-corrected chi connectivity index (χ4v) is 3.53. The van der Waals surface area contributed by atoms with Gasteiger partial charge in [0.15, 0.2) is 6.10 Å². The minimum Gasteiger partial charge on any atom is -0.478 e. The monoisotopic (exact) mass is 384 g/mol. The number of halogens is 1. The Balaban J connectivity index is 3.05. The molecule has 0 saturated carbocycles. The van der Waals surface area contributed by atoms with Crippen molar-refractivity contribution >= 4 is 21.9 Å². The Bertz CT molecular complexity index is 556. The van der Waals surface area contributed by atoms with E-state index in [4.69, 9.17) is 4.74 Å². The highest BCUT2D eigenvalue weighted by Crippen LogP contribution is 2.39. The first kappa shape index (κ1) is 20.0. The number of carbonyl (C=O) groups is 1. The lowest BCUT2D eigenvalue weighted by atomic mass is 9.72. The van der Waals surface area contributed by atoms with Gasteiger partial charge in [0, 0.05) is 5.92 Å². The molecule has 0 fully saturated rings. The molecule has 23 heavy (non-hydrogen) atoms. The second kappa shape index (κ2) is 7.25. The maximum atomic E-state index is 11.3. The molecule has 0 radical (unpaired) electrons. The van der Waals surface area contributed by atoms with Crippen molar-refractivity contribution in [3.63, 3.8) is 0 Å². The quantitative estimate of drug-likeness (QED) is 0.688. The molecule has 1 atom stereocenters. The first-order valence-corrected chi connectivity index (χ1v) is 8.82. The van der Waals surface area contributed by atoms with Gasteiger partial charge in [-0.15, -0.1) is 0 Å². The topological polar surface area (TPSA) is 46.5 Å². The molecule has 4 heteroatoms. The van der Waals surface area contributed by atoms with Crippen LogP contribution in [0.15, 0.2) is 22.7 Å². The zero-order chi connectivity index (χ0) is 18.0. The van der Waals surface area contributed by atoms with Gasteiger partial charge < -0.3 is 9.84 Å². The zero-order valence-electron chi connectivity index (χ0n) is 15.2. The van der Waals surface area contributed by atoms with E-state index in [-0.39, 0.29) is 16.7 Å². The number of carboxylic acids is 1. The lowest BCUT2D eigenvalue weighted by Crippen LogP contribution is -2.32. The third kappa shape index (κ3) is 5.83. The van der Waals surface area contributed by atoms with Gasteiger partial charge in [-0.1, -0.05) is 54.5 Å². The van der Waals surface area contributed by atoms with Crippen LogP contribution in [0.2, 0.25) is 0 Å². The Morgan fingerprint density at radius 3 is 2.17 bits per heavy atom. The maximum absolute atomic E-state index is 11.3. The van der Waals surface area contributed by atoms with E-state index in [1.165, 1.54) is 5.56 Å². The van der Waals surface area contributed by atoms with Crippen molar-refractivity contribution in [2.24, 2.45) is 11.3 Å². The normalized spacial score (nSPS) is 14.0. The highest BCUT2D eigenvalue weighted by Gasteiger charge is 2.29. The lowest BCUT2D eigenvalue weighted by Gasteiger charge is -2.33. The van der Waals surface area contributed by atoms with Crippen LogP contribution in [0, 0.1) is 11.3 Å². The van der Waals surface area contributed by atoms with E-state index in [0.717, 1.165) is 10.9 Å². The molecule has 0 spiro atoms. The minimum atomic E-state index is -0.941. The summed E-state index contributed by atoms with van der Waals surface area (Å²) in [7, 11) is 0. The van der Waals surface area contributed by atoms with Gasteiger partial charge in [-0.25, -0.2) is 4.79 Å². The second-order valence-electron chi connectivity index (χ2n) is 8.39. The van der Waals surface area contributed by atoms with Gasteiger partial charge in [0.25, 0.3) is 0 Å². The smallest absolute Gasteiger partial charge is 0.345 e. The van der Waals surface area contributed by atoms with Crippen LogP contribution < -0.4 is 4.74 Å². The van der Waals surface area contributed by atoms with Crippen molar-refractivity contribution in [1.82, 2.24) is 0 Å². The zero-order valence-corrected chi connectivity index (χ0v) is 16.8. The summed E-state index contributed by atoms with van der Waals surface area (Å²) in [5.41, 5.74) is 1.48. The van der Waals surface area contributed by atoms with Crippen molar-refractivity contribution in [2.45, 2.75) is 66.4 Å². The number of rotatable bonds is 6. The predicted molar refractivity (Wildman–Crippen MR) is 98.1 cm³/mol. The Morgan fingerprint density at radius 2 is 1.78 bits per heavy atom. The van der Waals surface area contributed by atoms with Crippen LogP contribution in [0.5, 0.6) is 5.75 Å². The van der Waals surface area contributed by atoms with E-state index in [2.05, 4.69) is 50.5 Å². The van der Waals surface area contributed by atoms with Gasteiger partial charge in [0.2, 0.25) is 0 Å². The van der Waals surface area contributed by atoms with E-state index in [9.17, 15) is 9.90 Å². The summed E-state index contributed by atoms with van der Waals surface area (Å²) in [6.07, 6.45) is 0.205. The molecule has 130 valence electrons. The van der Waals surface area contributed by atoms with Crippen LogP contribution in [0.4, 0.5) is 0 Å². The van der Waals surface area contributed by atoms with Gasteiger partial charge >= 0.3 is 5.97 Å². The molecule has 1 aromatic rings. The fourth-order valence-electron chi connectivity index (χ4n) is 3.05. The molecule has 0 bridgehead atoms. The van der Waals surface area contributed by atoms with Crippen molar-refractivity contribution in [2.75, 3.05) is 0 Å². The number of ether oxygens (including phenoxy) is 1. The van der Waals surface area contributed by atoms with Crippen LogP contribution in [-0.4, -0.2) is 17.2 Å². The highest BCUT2D eigenvalue weighted by atomic mass is 79.9. The molecule has 0 aliphatic rings. The highest BCUT2D eigenvalue weighted by molar-refractivity contribution is 9.10. The average Bonchev–Trinajstić information content (AvgIpc) is 2.33. The molecule has 0 aromatic heterocycles. The summed E-state index contributed by atoms with van der Waals surface area (Å²) in [6, 6.07) is 5.94. The molecule has 1 aromatic carbocycles. The molecule has 1 rings (SSSR count). The van der Waals surface area contributed by atoms with Gasteiger partial charge in [-0.05, 0) is 50.9 Å². The first-order chi connectivity index (χ1) is 10.3. The Morgan fingerprint density at radius 1 is 1.22 bits per heavy atom. The summed E-state index contributed by atoms with van der Waals surface area (Å²) in [5, 5.41) is 9.27. The van der Waals surface area contributed by atoms with Gasteiger partial charge in [-0.3, -0.25) is 0 Å². The van der Waals surface area contributed by atoms with E-state index >= 15 is 0 Å². The molecule has 0 aliphatic carbocycles. The van der Waals surface area contributed by atoms with Gasteiger partial charge in [-0.2, -0.15) is 0 Å². The summed E-state index contributed by atoms with van der Waals surface area (Å²) < 4.78 is 6.49. The molecule has 0 amide bonds. The standard InChI is InChI=1S/C19H29BrO3/c1-12(2)16(17(21)22)23-15-9-8-13(10-14(15)20)19(6,7)11-18(3,4)5/h8-10,12,16H,11H2,1-7H3,(H,21,22). The van der Waals surface area contributed by atoms with Crippen molar-refractivity contribution in [1.29, 1.82) is 0 Å². The van der Waals surface area contributed by atoms with E-state index in [0.29, 0.717) is 5.75 Å². The van der Waals surface area contributed by atoms with E-state index in [1.54, 1.807) is 0 Å². The summed E-state index contributed by atoms with van der Waals surface area (Å²) in [4.78, 5) is 11.3. The SMILES string of the molecule is CC(C)C(Oc1ccc(C(C)(C)CC(C)(C)C)cc1Br)C(=O)O. The van der Waals surface area contributed by atoms with Crippen LogP contribution in [0.1, 0.15) is 60.5 Å². The number of carboxylic acid groups (broad SMARTS) is 1. The van der Waals surface area contributed by atoms with Gasteiger partial charge in [0.1, 0.15) is 5.75 Å². The van der Waals surface area contributed by atoms with E-state index in [1.807, 2.05) is 32.0 Å². The summed E-state index contributed by atoms with van der Waals surface area (Å²) in [6.45, 7) is 14.9. The molecular formula is C19H29BrO3. The number of hydrogen-bond acceptors (Lipinski definition) is 2. The number of benzene rings is 1. The van der Waals surface area contributed by atoms with Crippen molar-refractivity contribution in [3.05, 3.63) is 28.2 Å². The molecule has 3 nitrogen and oxygen atoms in total. The largest absolute Gasteiger partial charge is 0.478 e. The average molecular weight is 385 g/mol. The lowest BCUT2D eigenvalue weighted by molar-refractivity contribution is -0.147. The molecule has 0 aliphatic heterocycles. The van der Waals surface area contributed by atoms with Crippen LogP contribution in [0.3, 0.4) is 0 Å². The number of aliphatic carboxylic acids is 1. The predicted octanol–water partition coefficient (Wildman–Crippen LogP) is 5.65.